The molecule has 0 saturated carbocycles. The molecule has 26 heavy (non-hydrogen) atoms. The van der Waals surface area contributed by atoms with Crippen LogP contribution in [-0.2, 0) is 14.8 Å². The van der Waals surface area contributed by atoms with Gasteiger partial charge in [0.2, 0.25) is 5.91 Å². The van der Waals surface area contributed by atoms with Crippen molar-refractivity contribution in [3.8, 4) is 0 Å². The third kappa shape index (κ3) is 5.66. The molecule has 1 N–H and O–H groups in total. The summed E-state index contributed by atoms with van der Waals surface area (Å²) in [6, 6.07) is 3.13. The van der Waals surface area contributed by atoms with Crippen molar-refractivity contribution in [2.75, 3.05) is 40.3 Å². The molecule has 0 bridgehead atoms. The van der Waals surface area contributed by atoms with Gasteiger partial charge in [0.05, 0.1) is 4.34 Å². The maximum Gasteiger partial charge on any atom is 0.252 e. The average molecular weight is 422 g/mol. The Morgan fingerprint density at radius 1 is 1.35 bits per heavy atom. The van der Waals surface area contributed by atoms with Gasteiger partial charge >= 0.3 is 0 Å². The summed E-state index contributed by atoms with van der Waals surface area (Å²) in [7, 11) is 0.520. The van der Waals surface area contributed by atoms with E-state index in [1.54, 1.807) is 6.07 Å². The Hall–Kier alpha value is -0.670. The van der Waals surface area contributed by atoms with E-state index in [0.717, 1.165) is 17.9 Å². The predicted molar refractivity (Wildman–Crippen MR) is 106 cm³/mol. The molecule has 0 atom stereocenters. The molecule has 0 aromatic carbocycles. The molecule has 2 heterocycles. The number of carbonyl (C=O) groups is 1. The maximum absolute atomic E-state index is 12.6. The molecule has 6 nitrogen and oxygen atoms in total. The smallest absolute Gasteiger partial charge is 0.252 e. The quantitative estimate of drug-likeness (QED) is 0.734. The topological polar surface area (TPSA) is 69.7 Å². The first-order valence-corrected chi connectivity index (χ1v) is 11.3. The summed E-state index contributed by atoms with van der Waals surface area (Å²) in [4.78, 5) is 14.6. The summed E-state index contributed by atoms with van der Waals surface area (Å²) in [5.41, 5.74) is -0.0123. The summed E-state index contributed by atoms with van der Waals surface area (Å²) >= 11 is 6.92. The lowest BCUT2D eigenvalue weighted by Gasteiger charge is -2.32. The minimum Gasteiger partial charge on any atom is -0.355 e. The molecular formula is C17H28ClN3O3S2. The minimum absolute atomic E-state index is 0.0123. The van der Waals surface area contributed by atoms with Crippen LogP contribution in [0.2, 0.25) is 4.34 Å². The highest BCUT2D eigenvalue weighted by molar-refractivity contribution is 7.91. The van der Waals surface area contributed by atoms with E-state index < -0.39 is 10.0 Å². The van der Waals surface area contributed by atoms with Crippen molar-refractivity contribution in [1.82, 2.24) is 14.5 Å². The highest BCUT2D eigenvalue weighted by atomic mass is 35.5. The van der Waals surface area contributed by atoms with Crippen molar-refractivity contribution in [1.29, 1.82) is 0 Å². The van der Waals surface area contributed by atoms with Crippen LogP contribution in [0, 0.1) is 11.3 Å². The first kappa shape index (κ1) is 21.6. The molecule has 0 spiro atoms. The van der Waals surface area contributed by atoms with Crippen LogP contribution in [-0.4, -0.2) is 63.8 Å². The van der Waals surface area contributed by atoms with Crippen LogP contribution in [0.3, 0.4) is 0 Å². The number of sulfonamides is 1. The monoisotopic (exact) mass is 421 g/mol. The standard InChI is InChI=1S/C17H28ClN3O3S2/c1-17(2,12-20(3)4)11-19-16(22)13-7-9-21(10-8-13)26(23,24)15-6-5-14(18)25-15/h5-6,13H,7-12H2,1-4H3,(H,19,22). The fraction of sp³-hybridized carbons (Fsp3) is 0.706. The maximum atomic E-state index is 12.6. The van der Waals surface area contributed by atoms with Gasteiger partial charge in [-0.25, -0.2) is 8.42 Å². The average Bonchev–Trinajstić information content (AvgIpc) is 2.99. The minimum atomic E-state index is -3.51. The molecule has 148 valence electrons. The highest BCUT2D eigenvalue weighted by Gasteiger charge is 2.33. The Morgan fingerprint density at radius 2 is 1.96 bits per heavy atom. The zero-order valence-corrected chi connectivity index (χ0v) is 18.2. The molecule has 0 unspecified atom stereocenters. The summed E-state index contributed by atoms with van der Waals surface area (Å²) in [5, 5.41) is 3.04. The molecule has 1 saturated heterocycles. The van der Waals surface area contributed by atoms with Gasteiger partial charge in [-0.2, -0.15) is 4.31 Å². The molecule has 1 amide bonds. The van der Waals surface area contributed by atoms with Gasteiger partial charge in [-0.3, -0.25) is 4.79 Å². The first-order valence-electron chi connectivity index (χ1n) is 8.69. The van der Waals surface area contributed by atoms with Crippen LogP contribution in [0.25, 0.3) is 0 Å². The third-order valence-electron chi connectivity index (χ3n) is 4.45. The van der Waals surface area contributed by atoms with Gasteiger partial charge in [0.15, 0.2) is 0 Å². The lowest BCUT2D eigenvalue weighted by atomic mass is 9.91. The Bertz CT molecular complexity index is 723. The van der Waals surface area contributed by atoms with Gasteiger partial charge in [0.1, 0.15) is 4.21 Å². The molecule has 2 rings (SSSR count). The lowest BCUT2D eigenvalue weighted by Crippen LogP contribution is -2.45. The number of hydrogen-bond donors (Lipinski definition) is 1. The van der Waals surface area contributed by atoms with E-state index in [4.69, 9.17) is 11.6 Å². The van der Waals surface area contributed by atoms with Crippen LogP contribution in [0.1, 0.15) is 26.7 Å². The van der Waals surface area contributed by atoms with Gasteiger partial charge < -0.3 is 10.2 Å². The van der Waals surface area contributed by atoms with Crippen LogP contribution in [0.15, 0.2) is 16.3 Å². The second-order valence-corrected chi connectivity index (χ2v) is 11.7. The largest absolute Gasteiger partial charge is 0.355 e. The SMILES string of the molecule is CN(C)CC(C)(C)CNC(=O)C1CCN(S(=O)(=O)c2ccc(Cl)s2)CC1. The fourth-order valence-electron chi connectivity index (χ4n) is 3.30. The highest BCUT2D eigenvalue weighted by Crippen LogP contribution is 2.30. The van der Waals surface area contributed by atoms with Gasteiger partial charge in [-0.05, 0) is 44.5 Å². The Balaban J connectivity index is 1.87. The Kier molecular flexibility index (Phi) is 7.12. The molecule has 0 radical (unpaired) electrons. The van der Waals surface area contributed by atoms with Crippen LogP contribution >= 0.6 is 22.9 Å². The summed E-state index contributed by atoms with van der Waals surface area (Å²) in [6.45, 7) is 6.45. The molecule has 9 heteroatoms. The van der Waals surface area contributed by atoms with Crippen molar-refractivity contribution in [3.05, 3.63) is 16.5 Å². The molecule has 0 aliphatic carbocycles. The van der Waals surface area contributed by atoms with Crippen LogP contribution in [0.5, 0.6) is 0 Å². The van der Waals surface area contributed by atoms with E-state index in [1.807, 2.05) is 14.1 Å². The van der Waals surface area contributed by atoms with E-state index in [1.165, 1.54) is 10.4 Å². The fourth-order valence-corrected chi connectivity index (χ4v) is 6.41. The summed E-state index contributed by atoms with van der Waals surface area (Å²) < 4.78 is 27.4. The van der Waals surface area contributed by atoms with E-state index in [0.29, 0.717) is 36.8 Å². The van der Waals surface area contributed by atoms with Crippen LogP contribution < -0.4 is 5.32 Å². The lowest BCUT2D eigenvalue weighted by molar-refractivity contribution is -0.126. The number of thiophene rings is 1. The number of rotatable bonds is 7. The zero-order chi connectivity index (χ0) is 19.5. The number of carbonyl (C=O) groups excluding carboxylic acids is 1. The number of nitrogens with zero attached hydrogens (tertiary/aromatic N) is 2. The second kappa shape index (κ2) is 8.56. The van der Waals surface area contributed by atoms with Crippen molar-refractivity contribution >= 4 is 38.9 Å². The Labute approximate surface area is 165 Å². The third-order valence-corrected chi connectivity index (χ3v) is 8.05. The van der Waals surface area contributed by atoms with Crippen molar-refractivity contribution in [2.24, 2.45) is 11.3 Å². The molecule has 1 fully saturated rings. The van der Waals surface area contributed by atoms with E-state index in [9.17, 15) is 13.2 Å². The van der Waals surface area contributed by atoms with Crippen molar-refractivity contribution in [2.45, 2.75) is 30.9 Å². The zero-order valence-electron chi connectivity index (χ0n) is 15.8. The van der Waals surface area contributed by atoms with E-state index in [2.05, 4.69) is 24.1 Å². The number of piperidine rings is 1. The van der Waals surface area contributed by atoms with Gasteiger partial charge in [-0.1, -0.05) is 25.4 Å². The molecule has 1 aromatic heterocycles. The predicted octanol–water partition coefficient (Wildman–Crippen LogP) is 2.51. The van der Waals surface area contributed by atoms with Crippen molar-refractivity contribution in [3.63, 3.8) is 0 Å². The molecule has 1 aromatic rings. The number of amides is 1. The van der Waals surface area contributed by atoms with E-state index >= 15 is 0 Å². The van der Waals surface area contributed by atoms with Crippen molar-refractivity contribution < 1.29 is 13.2 Å². The Morgan fingerprint density at radius 3 is 2.46 bits per heavy atom. The van der Waals surface area contributed by atoms with Gasteiger partial charge in [0, 0.05) is 32.1 Å². The number of halogens is 1. The van der Waals surface area contributed by atoms with Gasteiger partial charge in [0.25, 0.3) is 10.0 Å². The number of nitrogens with one attached hydrogen (secondary N) is 1. The van der Waals surface area contributed by atoms with Crippen LogP contribution in [0.4, 0.5) is 0 Å². The molecular weight excluding hydrogens is 394 g/mol. The summed E-state index contributed by atoms with van der Waals surface area (Å²) in [6.07, 6.45) is 1.08. The van der Waals surface area contributed by atoms with E-state index in [-0.39, 0.29) is 21.4 Å². The number of hydrogen-bond acceptors (Lipinski definition) is 5. The normalized spacial score (nSPS) is 17.6. The molecule has 1 aliphatic heterocycles. The summed E-state index contributed by atoms with van der Waals surface area (Å²) in [5.74, 6) is -0.114. The van der Waals surface area contributed by atoms with Gasteiger partial charge in [-0.15, -0.1) is 11.3 Å². The molecule has 1 aliphatic rings. The second-order valence-electron chi connectivity index (χ2n) is 7.86. The first-order chi connectivity index (χ1) is 12.0.